The monoisotopic (exact) mass is 258 g/mol. The summed E-state index contributed by atoms with van der Waals surface area (Å²) in [7, 11) is 0. The van der Waals surface area contributed by atoms with Gasteiger partial charge in [0.15, 0.2) is 0 Å². The number of alkyl halides is 1. The molecule has 0 bridgehead atoms. The van der Waals surface area contributed by atoms with Crippen molar-refractivity contribution in [3.8, 4) is 0 Å². The van der Waals surface area contributed by atoms with Crippen molar-refractivity contribution in [1.29, 1.82) is 0 Å². The number of aryl methyl sites for hydroxylation is 2. The Morgan fingerprint density at radius 1 is 1.50 bits per heavy atom. The molecule has 2 heterocycles. The van der Waals surface area contributed by atoms with Crippen molar-refractivity contribution in [3.63, 3.8) is 0 Å². The smallest absolute Gasteiger partial charge is 0.315 e. The van der Waals surface area contributed by atoms with Gasteiger partial charge in [0, 0.05) is 23.4 Å². The first-order valence-corrected chi connectivity index (χ1v) is 6.22. The molecule has 2 aromatic heterocycles. The molecular formula is C9H11ClN4OS. The molecule has 0 atom stereocenters. The van der Waals surface area contributed by atoms with E-state index in [0.717, 1.165) is 10.7 Å². The average molecular weight is 259 g/mol. The largest absolute Gasteiger partial charge is 0.408 e. The molecule has 7 heteroatoms. The maximum atomic E-state index is 5.56. The van der Waals surface area contributed by atoms with Crippen molar-refractivity contribution < 1.29 is 4.42 Å². The van der Waals surface area contributed by atoms with E-state index in [1.54, 1.807) is 11.3 Å². The fraction of sp³-hybridized carbons (Fsp3) is 0.444. The molecule has 86 valence electrons. The summed E-state index contributed by atoms with van der Waals surface area (Å²) < 4.78 is 5.31. The maximum Gasteiger partial charge on any atom is 0.315 e. The lowest BCUT2D eigenvalue weighted by atomic mass is 10.5. The van der Waals surface area contributed by atoms with Crippen LogP contribution in [0.2, 0.25) is 0 Å². The second kappa shape index (κ2) is 5.27. The highest BCUT2D eigenvalue weighted by Gasteiger charge is 2.05. The van der Waals surface area contributed by atoms with Crippen molar-refractivity contribution in [1.82, 2.24) is 15.2 Å². The lowest BCUT2D eigenvalue weighted by Crippen LogP contribution is -1.99. The van der Waals surface area contributed by atoms with Gasteiger partial charge in [-0.25, -0.2) is 4.98 Å². The molecule has 0 aliphatic heterocycles. The van der Waals surface area contributed by atoms with E-state index in [1.165, 1.54) is 0 Å². The third kappa shape index (κ3) is 2.93. The molecule has 0 amide bonds. The lowest BCUT2D eigenvalue weighted by molar-refractivity contribution is 0.512. The Labute approximate surface area is 102 Å². The zero-order chi connectivity index (χ0) is 11.4. The van der Waals surface area contributed by atoms with E-state index in [9.17, 15) is 0 Å². The molecule has 0 radical (unpaired) electrons. The molecule has 0 aliphatic carbocycles. The van der Waals surface area contributed by atoms with Crippen LogP contribution in [-0.2, 0) is 13.0 Å². The zero-order valence-electron chi connectivity index (χ0n) is 8.73. The second-order valence-electron chi connectivity index (χ2n) is 3.18. The second-order valence-corrected chi connectivity index (χ2v) is 4.50. The summed E-state index contributed by atoms with van der Waals surface area (Å²) in [5, 5.41) is 13.7. The van der Waals surface area contributed by atoms with Gasteiger partial charge >= 0.3 is 6.01 Å². The van der Waals surface area contributed by atoms with E-state index in [2.05, 4.69) is 20.5 Å². The van der Waals surface area contributed by atoms with Crippen LogP contribution < -0.4 is 5.32 Å². The molecule has 0 aromatic carbocycles. The summed E-state index contributed by atoms with van der Waals surface area (Å²) >= 11 is 7.17. The average Bonchev–Trinajstić information content (AvgIpc) is 2.85. The number of aromatic nitrogens is 3. The van der Waals surface area contributed by atoms with Gasteiger partial charge in [0.1, 0.15) is 5.01 Å². The Bertz CT molecular complexity index is 456. The molecule has 0 aliphatic rings. The minimum atomic E-state index is 0.410. The third-order valence-electron chi connectivity index (χ3n) is 1.83. The molecular weight excluding hydrogens is 248 g/mol. The Morgan fingerprint density at radius 3 is 3.06 bits per heavy atom. The number of nitrogens with one attached hydrogen (secondary N) is 1. The van der Waals surface area contributed by atoms with Gasteiger partial charge in [-0.2, -0.15) is 0 Å². The maximum absolute atomic E-state index is 5.56. The van der Waals surface area contributed by atoms with Gasteiger partial charge in [-0.3, -0.25) is 0 Å². The molecule has 0 saturated heterocycles. The summed E-state index contributed by atoms with van der Waals surface area (Å²) in [6.07, 6.45) is 0.590. The zero-order valence-corrected chi connectivity index (χ0v) is 10.3. The van der Waals surface area contributed by atoms with Crippen molar-refractivity contribution in [2.75, 3.05) is 11.2 Å². The Morgan fingerprint density at radius 2 is 2.38 bits per heavy atom. The minimum absolute atomic E-state index is 0.410. The number of thiazole rings is 1. The highest BCUT2D eigenvalue weighted by Crippen LogP contribution is 2.12. The molecule has 5 nitrogen and oxygen atoms in total. The van der Waals surface area contributed by atoms with Gasteiger partial charge in [-0.15, -0.1) is 28.0 Å². The first-order chi connectivity index (χ1) is 7.78. The molecule has 0 unspecified atom stereocenters. The van der Waals surface area contributed by atoms with Gasteiger partial charge in [0.05, 0.1) is 6.54 Å². The van der Waals surface area contributed by atoms with Crippen molar-refractivity contribution in [2.45, 2.75) is 19.9 Å². The Balaban J connectivity index is 1.89. The predicted molar refractivity (Wildman–Crippen MR) is 62.9 cm³/mol. The molecule has 2 aromatic rings. The number of nitrogens with zero attached hydrogens (tertiary/aromatic N) is 3. The number of hydrogen-bond donors (Lipinski definition) is 1. The van der Waals surface area contributed by atoms with Crippen LogP contribution in [0.4, 0.5) is 6.01 Å². The van der Waals surface area contributed by atoms with Crippen LogP contribution in [-0.4, -0.2) is 21.1 Å². The Kier molecular flexibility index (Phi) is 3.74. The van der Waals surface area contributed by atoms with Gasteiger partial charge < -0.3 is 9.73 Å². The van der Waals surface area contributed by atoms with Crippen LogP contribution in [0.25, 0.3) is 0 Å². The van der Waals surface area contributed by atoms with Gasteiger partial charge in [-0.1, -0.05) is 5.10 Å². The number of hydrogen-bond acceptors (Lipinski definition) is 6. The summed E-state index contributed by atoms with van der Waals surface area (Å²) in [6.45, 7) is 2.56. The van der Waals surface area contributed by atoms with Crippen LogP contribution in [0.3, 0.4) is 0 Å². The van der Waals surface area contributed by atoms with Gasteiger partial charge in [0.25, 0.3) is 0 Å². The van der Waals surface area contributed by atoms with Crippen LogP contribution >= 0.6 is 22.9 Å². The van der Waals surface area contributed by atoms with E-state index in [0.29, 0.717) is 30.8 Å². The highest BCUT2D eigenvalue weighted by atomic mass is 35.5. The summed E-state index contributed by atoms with van der Waals surface area (Å²) in [5.41, 5.74) is 1.02. The van der Waals surface area contributed by atoms with Crippen molar-refractivity contribution >= 4 is 29.0 Å². The molecule has 2 rings (SSSR count). The van der Waals surface area contributed by atoms with Crippen LogP contribution in [0.5, 0.6) is 0 Å². The van der Waals surface area contributed by atoms with Gasteiger partial charge in [-0.05, 0) is 6.92 Å². The van der Waals surface area contributed by atoms with Crippen LogP contribution in [0.1, 0.15) is 16.6 Å². The standard InChI is InChI=1S/C9H11ClN4OS/c1-6-5-16-8(12-6)4-11-9-14-13-7(15-9)2-3-10/h5H,2-4H2,1H3,(H,11,14). The van der Waals surface area contributed by atoms with Crippen molar-refractivity contribution in [2.24, 2.45) is 0 Å². The normalized spacial score (nSPS) is 10.6. The van der Waals surface area contributed by atoms with E-state index < -0.39 is 0 Å². The van der Waals surface area contributed by atoms with E-state index >= 15 is 0 Å². The van der Waals surface area contributed by atoms with Crippen LogP contribution in [0.15, 0.2) is 9.80 Å². The first kappa shape index (κ1) is 11.3. The van der Waals surface area contributed by atoms with E-state index in [-0.39, 0.29) is 0 Å². The van der Waals surface area contributed by atoms with Crippen LogP contribution in [0, 0.1) is 6.92 Å². The molecule has 0 fully saturated rings. The summed E-state index contributed by atoms with van der Waals surface area (Å²) in [4.78, 5) is 4.31. The highest BCUT2D eigenvalue weighted by molar-refractivity contribution is 7.09. The van der Waals surface area contributed by atoms with Gasteiger partial charge in [0.2, 0.25) is 5.89 Å². The number of anilines is 1. The van der Waals surface area contributed by atoms with E-state index in [4.69, 9.17) is 16.0 Å². The molecule has 0 spiro atoms. The van der Waals surface area contributed by atoms with E-state index in [1.807, 2.05) is 12.3 Å². The Hall–Kier alpha value is -1.14. The quantitative estimate of drug-likeness (QED) is 0.834. The fourth-order valence-corrected chi connectivity index (χ4v) is 2.02. The number of halogens is 1. The van der Waals surface area contributed by atoms with Crippen molar-refractivity contribution in [3.05, 3.63) is 22.0 Å². The molecule has 1 N–H and O–H groups in total. The first-order valence-electron chi connectivity index (χ1n) is 4.81. The molecule has 16 heavy (non-hydrogen) atoms. The minimum Gasteiger partial charge on any atom is -0.408 e. The lowest BCUT2D eigenvalue weighted by Gasteiger charge is -1.96. The topological polar surface area (TPSA) is 63.8 Å². The number of rotatable bonds is 5. The predicted octanol–water partition coefficient (Wildman–Crippen LogP) is 2.23. The summed E-state index contributed by atoms with van der Waals surface area (Å²) in [6, 6.07) is 0.410. The third-order valence-corrected chi connectivity index (χ3v) is 2.99. The SMILES string of the molecule is Cc1csc(CNc2nnc(CCCl)o2)n1. The molecule has 0 saturated carbocycles. The fourth-order valence-electron chi connectivity index (χ4n) is 1.14. The summed E-state index contributed by atoms with van der Waals surface area (Å²) in [5.74, 6) is 1.03.